The van der Waals surface area contributed by atoms with Gasteiger partial charge in [0.2, 0.25) is 5.78 Å². The van der Waals surface area contributed by atoms with Crippen molar-refractivity contribution < 1.29 is 23.1 Å². The highest BCUT2D eigenvalue weighted by Crippen LogP contribution is 2.29. The average Bonchev–Trinajstić information content (AvgIpc) is 3.02. The fourth-order valence-electron chi connectivity index (χ4n) is 2.29. The van der Waals surface area contributed by atoms with Crippen molar-refractivity contribution in [1.82, 2.24) is 4.98 Å². The van der Waals surface area contributed by atoms with Crippen molar-refractivity contribution in [3.8, 4) is 10.6 Å². The molecule has 2 aromatic carbocycles. The lowest BCUT2D eigenvalue weighted by Crippen LogP contribution is -2.15. The third-order valence-electron chi connectivity index (χ3n) is 3.64. The summed E-state index contributed by atoms with van der Waals surface area (Å²) in [5.74, 6) is -3.30. The molecule has 8 heteroatoms. The molecule has 0 aliphatic rings. The number of benzene rings is 2. The Morgan fingerprint density at radius 1 is 1.15 bits per heavy atom. The van der Waals surface area contributed by atoms with Gasteiger partial charge in [-0.15, -0.1) is 11.3 Å². The van der Waals surface area contributed by atoms with E-state index in [-0.39, 0.29) is 10.4 Å². The first-order valence-corrected chi connectivity index (χ1v) is 8.93. The van der Waals surface area contributed by atoms with Gasteiger partial charge in [0.25, 0.3) is 0 Å². The van der Waals surface area contributed by atoms with Crippen molar-refractivity contribution in [2.75, 3.05) is 6.61 Å². The summed E-state index contributed by atoms with van der Waals surface area (Å²) in [6, 6.07) is 9.54. The van der Waals surface area contributed by atoms with Crippen LogP contribution in [-0.2, 0) is 4.74 Å². The van der Waals surface area contributed by atoms with E-state index in [1.165, 1.54) is 0 Å². The van der Waals surface area contributed by atoms with Crippen LogP contribution in [0.1, 0.15) is 25.7 Å². The van der Waals surface area contributed by atoms with Crippen LogP contribution in [0.25, 0.3) is 10.6 Å². The number of carbonyl (C=O) groups excluding carboxylic acids is 2. The summed E-state index contributed by atoms with van der Waals surface area (Å²) in [5, 5.41) is 1.19. The Hall–Kier alpha value is -2.64. The van der Waals surface area contributed by atoms with E-state index in [2.05, 4.69) is 4.98 Å². The van der Waals surface area contributed by atoms with E-state index in [1.54, 1.807) is 31.2 Å². The SMILES string of the molecule is Cc1nc(-c2ccc(Cl)cc2)sc1C(=O)OCC(=O)c1ccc(F)cc1F. The minimum atomic E-state index is -1.00. The Bertz CT molecular complexity index is 1020. The second-order valence-electron chi connectivity index (χ2n) is 5.56. The van der Waals surface area contributed by atoms with Crippen LogP contribution in [0.2, 0.25) is 5.02 Å². The topological polar surface area (TPSA) is 56.3 Å². The zero-order valence-electron chi connectivity index (χ0n) is 14.0. The molecule has 0 saturated heterocycles. The molecule has 0 bridgehead atoms. The van der Waals surface area contributed by atoms with Gasteiger partial charge >= 0.3 is 5.97 Å². The van der Waals surface area contributed by atoms with Crippen LogP contribution in [0, 0.1) is 18.6 Å². The van der Waals surface area contributed by atoms with Gasteiger partial charge in [-0.25, -0.2) is 18.6 Å². The summed E-state index contributed by atoms with van der Waals surface area (Å²) in [6.07, 6.45) is 0. The molecule has 0 saturated carbocycles. The summed E-state index contributed by atoms with van der Waals surface area (Å²) in [4.78, 5) is 28.8. The average molecular weight is 408 g/mol. The molecule has 27 heavy (non-hydrogen) atoms. The molecule has 0 atom stereocenters. The predicted octanol–water partition coefficient (Wildman–Crippen LogP) is 5.09. The highest BCUT2D eigenvalue weighted by Gasteiger charge is 2.20. The highest BCUT2D eigenvalue weighted by molar-refractivity contribution is 7.17. The number of ether oxygens (including phenoxy) is 1. The molecular formula is C19H12ClF2NO3S. The van der Waals surface area contributed by atoms with Gasteiger partial charge in [-0.3, -0.25) is 4.79 Å². The fraction of sp³-hybridized carbons (Fsp3) is 0.105. The summed E-state index contributed by atoms with van der Waals surface area (Å²) in [6.45, 7) is 0.989. The maximum absolute atomic E-state index is 13.6. The zero-order chi connectivity index (χ0) is 19.6. The number of esters is 1. The van der Waals surface area contributed by atoms with E-state index in [9.17, 15) is 18.4 Å². The molecule has 0 aliphatic carbocycles. The van der Waals surface area contributed by atoms with Crippen LogP contribution < -0.4 is 0 Å². The quantitative estimate of drug-likeness (QED) is 0.436. The number of aryl methyl sites for hydroxylation is 1. The molecule has 0 spiro atoms. The van der Waals surface area contributed by atoms with Crippen LogP contribution in [0.15, 0.2) is 42.5 Å². The first-order valence-electron chi connectivity index (χ1n) is 7.74. The molecule has 0 radical (unpaired) electrons. The minimum absolute atomic E-state index is 0.243. The first kappa shape index (κ1) is 19.1. The second kappa shape index (κ2) is 7.94. The lowest BCUT2D eigenvalue weighted by atomic mass is 10.1. The van der Waals surface area contributed by atoms with Crippen molar-refractivity contribution in [2.45, 2.75) is 6.92 Å². The normalized spacial score (nSPS) is 10.7. The number of aromatic nitrogens is 1. The number of hydrogen-bond acceptors (Lipinski definition) is 5. The van der Waals surface area contributed by atoms with E-state index in [1.807, 2.05) is 0 Å². The number of nitrogens with zero attached hydrogens (tertiary/aromatic N) is 1. The van der Waals surface area contributed by atoms with E-state index >= 15 is 0 Å². The summed E-state index contributed by atoms with van der Waals surface area (Å²) >= 11 is 6.97. The maximum Gasteiger partial charge on any atom is 0.350 e. The molecule has 0 unspecified atom stereocenters. The molecule has 3 aromatic rings. The van der Waals surface area contributed by atoms with Gasteiger partial charge in [0.15, 0.2) is 6.61 Å². The Balaban J connectivity index is 1.71. The number of hydrogen-bond donors (Lipinski definition) is 0. The Morgan fingerprint density at radius 3 is 2.52 bits per heavy atom. The standard InChI is InChI=1S/C19H12ClF2NO3S/c1-10-17(27-18(23-10)11-2-4-12(20)5-3-11)19(25)26-9-16(24)14-7-6-13(21)8-15(14)22/h2-8H,9H2,1H3. The van der Waals surface area contributed by atoms with E-state index < -0.39 is 30.0 Å². The number of halogens is 3. The zero-order valence-corrected chi connectivity index (χ0v) is 15.5. The van der Waals surface area contributed by atoms with Gasteiger partial charge in [-0.2, -0.15) is 0 Å². The Labute approximate surface area is 162 Å². The molecule has 0 amide bonds. The minimum Gasteiger partial charge on any atom is -0.453 e. The van der Waals surface area contributed by atoms with Gasteiger partial charge in [-0.1, -0.05) is 23.7 Å². The van der Waals surface area contributed by atoms with Crippen LogP contribution >= 0.6 is 22.9 Å². The predicted molar refractivity (Wildman–Crippen MR) is 98.3 cm³/mol. The second-order valence-corrected chi connectivity index (χ2v) is 7.00. The van der Waals surface area contributed by atoms with Gasteiger partial charge in [0.1, 0.15) is 21.5 Å². The molecule has 4 nitrogen and oxygen atoms in total. The van der Waals surface area contributed by atoms with Crippen molar-refractivity contribution in [1.29, 1.82) is 0 Å². The van der Waals surface area contributed by atoms with Gasteiger partial charge in [0.05, 0.1) is 11.3 Å². The highest BCUT2D eigenvalue weighted by atomic mass is 35.5. The molecule has 0 N–H and O–H groups in total. The Kier molecular flexibility index (Phi) is 5.62. The summed E-state index contributed by atoms with van der Waals surface area (Å²) < 4.78 is 31.5. The van der Waals surface area contributed by atoms with Gasteiger partial charge < -0.3 is 4.74 Å². The molecule has 0 fully saturated rings. The van der Waals surface area contributed by atoms with Gasteiger partial charge in [0, 0.05) is 16.7 Å². The summed E-state index contributed by atoms with van der Waals surface area (Å²) in [5.41, 5.74) is 0.901. The first-order chi connectivity index (χ1) is 12.8. The van der Waals surface area contributed by atoms with E-state index in [0.717, 1.165) is 29.0 Å². The van der Waals surface area contributed by atoms with Crippen molar-refractivity contribution in [3.63, 3.8) is 0 Å². The monoisotopic (exact) mass is 407 g/mol. The number of ketones is 1. The lowest BCUT2D eigenvalue weighted by Gasteiger charge is -2.04. The van der Waals surface area contributed by atoms with Crippen molar-refractivity contribution in [3.05, 3.63) is 75.3 Å². The van der Waals surface area contributed by atoms with E-state index in [4.69, 9.17) is 16.3 Å². The van der Waals surface area contributed by atoms with Crippen LogP contribution in [0.4, 0.5) is 8.78 Å². The molecule has 3 rings (SSSR count). The number of carbonyl (C=O) groups is 2. The molecule has 1 aromatic heterocycles. The molecule has 0 aliphatic heterocycles. The van der Waals surface area contributed by atoms with Crippen LogP contribution in [0.5, 0.6) is 0 Å². The maximum atomic E-state index is 13.6. The fourth-order valence-corrected chi connectivity index (χ4v) is 3.38. The van der Waals surface area contributed by atoms with Crippen molar-refractivity contribution >= 4 is 34.7 Å². The number of rotatable bonds is 5. The smallest absolute Gasteiger partial charge is 0.350 e. The number of thiazole rings is 1. The summed E-state index contributed by atoms with van der Waals surface area (Å²) in [7, 11) is 0. The van der Waals surface area contributed by atoms with Gasteiger partial charge in [-0.05, 0) is 31.2 Å². The third kappa shape index (κ3) is 4.37. The largest absolute Gasteiger partial charge is 0.453 e. The Morgan fingerprint density at radius 2 is 1.85 bits per heavy atom. The molecular weight excluding hydrogens is 396 g/mol. The molecule has 1 heterocycles. The molecule has 138 valence electrons. The van der Waals surface area contributed by atoms with Crippen molar-refractivity contribution in [2.24, 2.45) is 0 Å². The van der Waals surface area contributed by atoms with Crippen LogP contribution in [0.3, 0.4) is 0 Å². The number of Topliss-reactive ketones (excluding diaryl/α,β-unsaturated/α-hetero) is 1. The van der Waals surface area contributed by atoms with Crippen LogP contribution in [-0.4, -0.2) is 23.3 Å². The lowest BCUT2D eigenvalue weighted by molar-refractivity contribution is 0.0477. The third-order valence-corrected chi connectivity index (χ3v) is 5.08. The van der Waals surface area contributed by atoms with E-state index in [0.29, 0.717) is 21.8 Å².